The van der Waals surface area contributed by atoms with Crippen LogP contribution in [-0.2, 0) is 4.79 Å². The van der Waals surface area contributed by atoms with Crippen molar-refractivity contribution in [2.24, 2.45) is 5.41 Å². The minimum absolute atomic E-state index is 0.0797. The number of Topliss-reactive ketones (excluding diaryl/α,β-unsaturated/α-hetero) is 1. The largest absolute Gasteiger partial charge is 0.481 e. The van der Waals surface area contributed by atoms with Crippen LogP contribution in [0.1, 0.15) is 46.5 Å². The van der Waals surface area contributed by atoms with E-state index in [-0.39, 0.29) is 23.9 Å². The van der Waals surface area contributed by atoms with Gasteiger partial charge in [0.25, 0.3) is 5.91 Å². The Bertz CT molecular complexity index is 1170. The maximum Gasteiger partial charge on any atom is 0.309 e. The predicted octanol–water partition coefficient (Wildman–Crippen LogP) is 5.74. The Morgan fingerprint density at radius 3 is 1.94 bits per heavy atom. The molecule has 0 heterocycles. The Kier molecular flexibility index (Phi) is 6.53. The maximum atomic E-state index is 13.4. The molecule has 3 aromatic rings. The van der Waals surface area contributed by atoms with Crippen LogP contribution >= 0.6 is 0 Å². The summed E-state index contributed by atoms with van der Waals surface area (Å²) in [6.45, 7) is 4.66. The first kappa shape index (κ1) is 22.9. The van der Waals surface area contributed by atoms with Crippen molar-refractivity contribution in [1.29, 1.82) is 0 Å². The van der Waals surface area contributed by atoms with Crippen molar-refractivity contribution in [3.63, 3.8) is 0 Å². The molecule has 0 unspecified atom stereocenters. The standard InChI is InChI=1S/C26H24FNO4/c1-16-14-20(10-13-22(16)27)24(30)28-21-11-8-18(9-12-21)17-4-6-19(7-5-17)23(29)15-26(2,3)25(31)32/h4-14H,15H2,1-3H3,(H,28,30)(H,31,32). The van der Waals surface area contributed by atoms with Gasteiger partial charge in [-0.25, -0.2) is 4.39 Å². The van der Waals surface area contributed by atoms with Crippen molar-refractivity contribution >= 4 is 23.3 Å². The van der Waals surface area contributed by atoms with Gasteiger partial charge in [0.1, 0.15) is 5.82 Å². The van der Waals surface area contributed by atoms with E-state index in [1.54, 1.807) is 43.3 Å². The Morgan fingerprint density at radius 1 is 0.875 bits per heavy atom. The zero-order chi connectivity index (χ0) is 23.5. The van der Waals surface area contributed by atoms with Crippen LogP contribution in [0.25, 0.3) is 11.1 Å². The zero-order valence-corrected chi connectivity index (χ0v) is 18.1. The molecule has 0 atom stereocenters. The third kappa shape index (κ3) is 5.27. The summed E-state index contributed by atoms with van der Waals surface area (Å²) in [6, 6.07) is 18.4. The summed E-state index contributed by atoms with van der Waals surface area (Å²) in [5.74, 6) is -1.92. The van der Waals surface area contributed by atoms with Crippen molar-refractivity contribution in [3.05, 3.63) is 89.2 Å². The van der Waals surface area contributed by atoms with Crippen molar-refractivity contribution < 1.29 is 23.9 Å². The fourth-order valence-corrected chi connectivity index (χ4v) is 3.16. The Balaban J connectivity index is 1.68. The number of anilines is 1. The quantitative estimate of drug-likeness (QED) is 0.466. The number of carbonyl (C=O) groups excluding carboxylic acids is 2. The monoisotopic (exact) mass is 433 g/mol. The number of rotatable bonds is 7. The van der Waals surface area contributed by atoms with Crippen molar-refractivity contribution in [3.8, 4) is 11.1 Å². The zero-order valence-electron chi connectivity index (χ0n) is 18.1. The van der Waals surface area contributed by atoms with Crippen LogP contribution in [0.2, 0.25) is 0 Å². The van der Waals surface area contributed by atoms with E-state index in [4.69, 9.17) is 0 Å². The summed E-state index contributed by atoms with van der Waals surface area (Å²) < 4.78 is 13.4. The number of benzene rings is 3. The van der Waals surface area contributed by atoms with Crippen LogP contribution < -0.4 is 5.32 Å². The minimum Gasteiger partial charge on any atom is -0.481 e. The summed E-state index contributed by atoms with van der Waals surface area (Å²) in [5, 5.41) is 12.0. The lowest BCUT2D eigenvalue weighted by Gasteiger charge is -2.17. The normalized spacial score (nSPS) is 11.1. The third-order valence-electron chi connectivity index (χ3n) is 5.28. The van der Waals surface area contributed by atoms with E-state index in [0.717, 1.165) is 11.1 Å². The summed E-state index contributed by atoms with van der Waals surface area (Å²) in [7, 11) is 0. The molecule has 5 nitrogen and oxygen atoms in total. The molecule has 0 saturated heterocycles. The van der Waals surface area contributed by atoms with Gasteiger partial charge in [0.15, 0.2) is 5.78 Å². The molecule has 2 N–H and O–H groups in total. The van der Waals surface area contributed by atoms with E-state index in [2.05, 4.69) is 5.32 Å². The minimum atomic E-state index is -1.12. The number of halogens is 1. The van der Waals surface area contributed by atoms with Gasteiger partial charge in [0.05, 0.1) is 5.41 Å². The second-order valence-corrected chi connectivity index (χ2v) is 8.36. The molecule has 164 valence electrons. The number of carbonyl (C=O) groups is 3. The van der Waals surface area contributed by atoms with Gasteiger partial charge in [0, 0.05) is 23.2 Å². The topological polar surface area (TPSA) is 83.5 Å². The SMILES string of the molecule is Cc1cc(C(=O)Nc2ccc(-c3ccc(C(=O)CC(C)(C)C(=O)O)cc3)cc2)ccc1F. The van der Waals surface area contributed by atoms with Crippen LogP contribution in [-0.4, -0.2) is 22.8 Å². The molecular formula is C26H24FNO4. The van der Waals surface area contributed by atoms with Crippen LogP contribution in [0, 0.1) is 18.2 Å². The van der Waals surface area contributed by atoms with Crippen molar-refractivity contribution in [1.82, 2.24) is 0 Å². The lowest BCUT2D eigenvalue weighted by Crippen LogP contribution is -2.26. The third-order valence-corrected chi connectivity index (χ3v) is 5.28. The summed E-state index contributed by atoms with van der Waals surface area (Å²) in [5.41, 5.74) is 2.49. The van der Waals surface area contributed by atoms with Crippen LogP contribution in [0.15, 0.2) is 66.7 Å². The first-order valence-corrected chi connectivity index (χ1v) is 10.1. The highest BCUT2D eigenvalue weighted by molar-refractivity contribution is 6.04. The molecule has 0 aliphatic heterocycles. The van der Waals surface area contributed by atoms with Gasteiger partial charge in [-0.3, -0.25) is 14.4 Å². The lowest BCUT2D eigenvalue weighted by atomic mass is 9.85. The Labute approximate surface area is 185 Å². The van der Waals surface area contributed by atoms with Gasteiger partial charge < -0.3 is 10.4 Å². The first-order chi connectivity index (χ1) is 15.1. The highest BCUT2D eigenvalue weighted by atomic mass is 19.1. The van der Waals surface area contributed by atoms with E-state index in [9.17, 15) is 23.9 Å². The molecule has 0 saturated carbocycles. The van der Waals surface area contributed by atoms with Gasteiger partial charge in [-0.1, -0.05) is 36.4 Å². The average molecular weight is 433 g/mol. The van der Waals surface area contributed by atoms with Gasteiger partial charge in [-0.05, 0) is 67.8 Å². The molecule has 0 radical (unpaired) electrons. The molecule has 3 rings (SSSR count). The fourth-order valence-electron chi connectivity index (χ4n) is 3.16. The van der Waals surface area contributed by atoms with Crippen LogP contribution in [0.5, 0.6) is 0 Å². The van der Waals surface area contributed by atoms with E-state index in [0.29, 0.717) is 22.4 Å². The summed E-state index contributed by atoms with van der Waals surface area (Å²) in [6.07, 6.45) is -0.0797. The highest BCUT2D eigenvalue weighted by Crippen LogP contribution is 2.26. The predicted molar refractivity (Wildman–Crippen MR) is 121 cm³/mol. The molecule has 1 amide bonds. The molecular weight excluding hydrogens is 409 g/mol. The van der Waals surface area contributed by atoms with E-state index in [1.807, 2.05) is 12.1 Å². The molecule has 3 aromatic carbocycles. The van der Waals surface area contributed by atoms with E-state index >= 15 is 0 Å². The maximum absolute atomic E-state index is 13.4. The highest BCUT2D eigenvalue weighted by Gasteiger charge is 2.30. The first-order valence-electron chi connectivity index (χ1n) is 10.1. The summed E-state index contributed by atoms with van der Waals surface area (Å²) >= 11 is 0. The molecule has 32 heavy (non-hydrogen) atoms. The van der Waals surface area contributed by atoms with Crippen molar-refractivity contribution in [2.75, 3.05) is 5.32 Å². The number of nitrogens with one attached hydrogen (secondary N) is 1. The van der Waals surface area contributed by atoms with Gasteiger partial charge in [-0.15, -0.1) is 0 Å². The fraction of sp³-hybridized carbons (Fsp3) is 0.192. The summed E-state index contributed by atoms with van der Waals surface area (Å²) in [4.78, 5) is 36.0. The number of ketones is 1. The molecule has 0 aliphatic rings. The van der Waals surface area contributed by atoms with Crippen molar-refractivity contribution in [2.45, 2.75) is 27.2 Å². The van der Waals surface area contributed by atoms with Gasteiger partial charge in [0.2, 0.25) is 0 Å². The number of carboxylic acid groups (broad SMARTS) is 1. The van der Waals surface area contributed by atoms with E-state index < -0.39 is 11.4 Å². The van der Waals surface area contributed by atoms with E-state index in [1.165, 1.54) is 32.0 Å². The van der Waals surface area contributed by atoms with Gasteiger partial charge >= 0.3 is 5.97 Å². The van der Waals surface area contributed by atoms with Gasteiger partial charge in [-0.2, -0.15) is 0 Å². The number of amides is 1. The average Bonchev–Trinajstić information content (AvgIpc) is 2.76. The number of aliphatic carboxylic acids is 1. The number of hydrogen-bond donors (Lipinski definition) is 2. The lowest BCUT2D eigenvalue weighted by molar-refractivity contribution is -0.146. The second kappa shape index (κ2) is 9.14. The Morgan fingerprint density at radius 2 is 1.41 bits per heavy atom. The molecule has 0 spiro atoms. The molecule has 0 fully saturated rings. The number of aryl methyl sites for hydroxylation is 1. The van der Waals surface area contributed by atoms with Crippen LogP contribution in [0.3, 0.4) is 0 Å². The van der Waals surface area contributed by atoms with Crippen LogP contribution in [0.4, 0.5) is 10.1 Å². The number of hydrogen-bond acceptors (Lipinski definition) is 3. The Hall–Kier alpha value is -3.80. The molecule has 0 aliphatic carbocycles. The molecule has 6 heteroatoms. The molecule has 0 bridgehead atoms. The smallest absolute Gasteiger partial charge is 0.309 e. The second-order valence-electron chi connectivity index (χ2n) is 8.36. The molecule has 0 aromatic heterocycles. The number of carboxylic acids is 1.